The fourth-order valence-electron chi connectivity index (χ4n) is 2.23. The molecule has 25 heavy (non-hydrogen) atoms. The molecule has 0 atom stereocenters. The molecule has 134 valence electrons. The zero-order valence-corrected chi connectivity index (χ0v) is 15.2. The molecule has 0 aliphatic rings. The number of benzene rings is 2. The van der Waals surface area contributed by atoms with Crippen molar-refractivity contribution in [1.82, 2.24) is 0 Å². The summed E-state index contributed by atoms with van der Waals surface area (Å²) in [5, 5.41) is 2.90. The first-order chi connectivity index (χ1) is 12.1. The molecule has 4 nitrogen and oxygen atoms in total. The van der Waals surface area contributed by atoms with Crippen LogP contribution in [-0.2, 0) is 0 Å². The third-order valence-corrected chi connectivity index (χ3v) is 3.62. The summed E-state index contributed by atoms with van der Waals surface area (Å²) in [5.74, 6) is 1.90. The number of carbonyl (C=O) groups is 1. The van der Waals surface area contributed by atoms with Crippen LogP contribution < -0.4 is 14.8 Å². The summed E-state index contributed by atoms with van der Waals surface area (Å²) in [7, 11) is 0. The number of hydrogen-bond acceptors (Lipinski definition) is 3. The summed E-state index contributed by atoms with van der Waals surface area (Å²) in [6, 6.07) is 14.7. The zero-order chi connectivity index (χ0) is 18.1. The number of anilines is 1. The van der Waals surface area contributed by atoms with Crippen molar-refractivity contribution in [2.75, 3.05) is 18.5 Å². The van der Waals surface area contributed by atoms with Crippen LogP contribution in [0.15, 0.2) is 48.5 Å². The summed E-state index contributed by atoms with van der Waals surface area (Å²) in [5.41, 5.74) is 1.28. The van der Waals surface area contributed by atoms with E-state index in [0.717, 1.165) is 18.6 Å². The molecular weight excluding hydrogens is 314 g/mol. The maximum atomic E-state index is 12.5. The molecule has 0 aromatic heterocycles. The van der Waals surface area contributed by atoms with E-state index in [9.17, 15) is 4.79 Å². The fourth-order valence-corrected chi connectivity index (χ4v) is 2.23. The SMILES string of the molecule is CCCOc1cccc(NC(=O)c2cccc(OCCC(C)C)c2)c1. The minimum absolute atomic E-state index is 0.165. The third kappa shape index (κ3) is 6.49. The van der Waals surface area contributed by atoms with Crippen molar-refractivity contribution in [3.05, 3.63) is 54.1 Å². The van der Waals surface area contributed by atoms with Crippen LogP contribution in [0.5, 0.6) is 11.5 Å². The highest BCUT2D eigenvalue weighted by atomic mass is 16.5. The first kappa shape index (κ1) is 18.8. The van der Waals surface area contributed by atoms with E-state index in [1.54, 1.807) is 12.1 Å². The van der Waals surface area contributed by atoms with Gasteiger partial charge in [0.2, 0.25) is 0 Å². The Balaban J connectivity index is 1.98. The minimum atomic E-state index is -0.165. The molecule has 1 amide bonds. The molecule has 0 bridgehead atoms. The average molecular weight is 341 g/mol. The maximum Gasteiger partial charge on any atom is 0.255 e. The lowest BCUT2D eigenvalue weighted by atomic mass is 10.1. The topological polar surface area (TPSA) is 47.6 Å². The summed E-state index contributed by atoms with van der Waals surface area (Å²) < 4.78 is 11.3. The lowest BCUT2D eigenvalue weighted by molar-refractivity contribution is 0.102. The molecule has 1 N–H and O–H groups in total. The van der Waals surface area contributed by atoms with Crippen LogP contribution in [0.4, 0.5) is 5.69 Å². The van der Waals surface area contributed by atoms with E-state index in [0.29, 0.717) is 36.1 Å². The van der Waals surface area contributed by atoms with Crippen LogP contribution in [0.3, 0.4) is 0 Å². The van der Waals surface area contributed by atoms with Gasteiger partial charge in [0, 0.05) is 17.3 Å². The Labute approximate surface area is 150 Å². The van der Waals surface area contributed by atoms with Crippen molar-refractivity contribution in [1.29, 1.82) is 0 Å². The number of carbonyl (C=O) groups excluding carboxylic acids is 1. The van der Waals surface area contributed by atoms with E-state index < -0.39 is 0 Å². The Hall–Kier alpha value is -2.49. The summed E-state index contributed by atoms with van der Waals surface area (Å²) in [6.45, 7) is 7.69. The monoisotopic (exact) mass is 341 g/mol. The molecule has 2 rings (SSSR count). The molecule has 0 spiro atoms. The van der Waals surface area contributed by atoms with Crippen molar-refractivity contribution in [2.45, 2.75) is 33.6 Å². The van der Waals surface area contributed by atoms with Gasteiger partial charge in [0.15, 0.2) is 0 Å². The number of amides is 1. The van der Waals surface area contributed by atoms with Crippen molar-refractivity contribution in [3.8, 4) is 11.5 Å². The van der Waals surface area contributed by atoms with E-state index in [1.165, 1.54) is 0 Å². The van der Waals surface area contributed by atoms with Gasteiger partial charge in [-0.05, 0) is 49.1 Å². The minimum Gasteiger partial charge on any atom is -0.494 e. The van der Waals surface area contributed by atoms with Crippen molar-refractivity contribution < 1.29 is 14.3 Å². The van der Waals surface area contributed by atoms with E-state index in [4.69, 9.17) is 9.47 Å². The Morgan fingerprint density at radius 2 is 1.68 bits per heavy atom. The number of rotatable bonds is 9. The summed E-state index contributed by atoms with van der Waals surface area (Å²) in [4.78, 5) is 12.5. The zero-order valence-electron chi connectivity index (χ0n) is 15.2. The van der Waals surface area contributed by atoms with Crippen molar-refractivity contribution in [3.63, 3.8) is 0 Å². The standard InChI is InChI=1S/C21H27NO3/c1-4-12-24-20-10-6-8-18(15-20)22-21(23)17-7-5-9-19(14-17)25-13-11-16(2)3/h5-10,14-16H,4,11-13H2,1-3H3,(H,22,23). The van der Waals surface area contributed by atoms with Gasteiger partial charge >= 0.3 is 0 Å². The average Bonchev–Trinajstić information content (AvgIpc) is 2.60. The van der Waals surface area contributed by atoms with E-state index in [1.807, 2.05) is 36.4 Å². The molecule has 0 saturated carbocycles. The van der Waals surface area contributed by atoms with Crippen LogP contribution >= 0.6 is 0 Å². The molecule has 0 unspecified atom stereocenters. The Bertz CT molecular complexity index is 682. The predicted molar refractivity (Wildman–Crippen MR) is 102 cm³/mol. The molecule has 0 saturated heterocycles. The van der Waals surface area contributed by atoms with Gasteiger partial charge < -0.3 is 14.8 Å². The first-order valence-electron chi connectivity index (χ1n) is 8.85. The lowest BCUT2D eigenvalue weighted by Crippen LogP contribution is -2.12. The second-order valence-corrected chi connectivity index (χ2v) is 6.39. The highest BCUT2D eigenvalue weighted by Gasteiger charge is 2.08. The Kier molecular flexibility index (Phi) is 7.33. The lowest BCUT2D eigenvalue weighted by Gasteiger charge is -2.11. The smallest absolute Gasteiger partial charge is 0.255 e. The molecule has 0 radical (unpaired) electrons. The van der Waals surface area contributed by atoms with Crippen LogP contribution in [0.25, 0.3) is 0 Å². The van der Waals surface area contributed by atoms with Gasteiger partial charge in [-0.1, -0.05) is 32.9 Å². The molecule has 2 aromatic rings. The van der Waals surface area contributed by atoms with Crippen molar-refractivity contribution in [2.24, 2.45) is 5.92 Å². The van der Waals surface area contributed by atoms with Gasteiger partial charge in [-0.25, -0.2) is 0 Å². The van der Waals surface area contributed by atoms with Gasteiger partial charge in [0.1, 0.15) is 11.5 Å². The number of nitrogens with one attached hydrogen (secondary N) is 1. The van der Waals surface area contributed by atoms with Crippen LogP contribution in [0.2, 0.25) is 0 Å². The van der Waals surface area contributed by atoms with Crippen LogP contribution in [0, 0.1) is 5.92 Å². The summed E-state index contributed by atoms with van der Waals surface area (Å²) >= 11 is 0. The normalized spacial score (nSPS) is 10.6. The van der Waals surface area contributed by atoms with Gasteiger partial charge in [0.05, 0.1) is 13.2 Å². The van der Waals surface area contributed by atoms with E-state index in [2.05, 4.69) is 26.1 Å². The number of ether oxygens (including phenoxy) is 2. The van der Waals surface area contributed by atoms with Gasteiger partial charge in [-0.3, -0.25) is 4.79 Å². The van der Waals surface area contributed by atoms with Gasteiger partial charge in [-0.2, -0.15) is 0 Å². The van der Waals surface area contributed by atoms with E-state index in [-0.39, 0.29) is 5.91 Å². The van der Waals surface area contributed by atoms with E-state index >= 15 is 0 Å². The number of hydrogen-bond donors (Lipinski definition) is 1. The van der Waals surface area contributed by atoms with Crippen LogP contribution in [0.1, 0.15) is 44.0 Å². The van der Waals surface area contributed by atoms with Gasteiger partial charge in [-0.15, -0.1) is 0 Å². The quantitative estimate of drug-likeness (QED) is 0.686. The largest absolute Gasteiger partial charge is 0.494 e. The maximum absolute atomic E-state index is 12.5. The van der Waals surface area contributed by atoms with Crippen molar-refractivity contribution >= 4 is 11.6 Å². The second kappa shape index (κ2) is 9.72. The third-order valence-electron chi connectivity index (χ3n) is 3.62. The molecule has 4 heteroatoms. The summed E-state index contributed by atoms with van der Waals surface area (Å²) in [6.07, 6.45) is 1.93. The molecule has 0 aliphatic heterocycles. The Morgan fingerprint density at radius 3 is 2.40 bits per heavy atom. The second-order valence-electron chi connectivity index (χ2n) is 6.39. The fraction of sp³-hybridized carbons (Fsp3) is 0.381. The molecule has 0 fully saturated rings. The molecule has 0 heterocycles. The first-order valence-corrected chi connectivity index (χ1v) is 8.85. The highest BCUT2D eigenvalue weighted by molar-refractivity contribution is 6.04. The van der Waals surface area contributed by atoms with Crippen LogP contribution in [-0.4, -0.2) is 19.1 Å². The molecular formula is C21H27NO3. The predicted octanol–water partition coefficient (Wildman–Crippen LogP) is 5.15. The highest BCUT2D eigenvalue weighted by Crippen LogP contribution is 2.20. The van der Waals surface area contributed by atoms with Gasteiger partial charge in [0.25, 0.3) is 5.91 Å². The Morgan fingerprint density at radius 1 is 1.00 bits per heavy atom. The molecule has 0 aliphatic carbocycles. The molecule has 2 aromatic carbocycles.